The Kier molecular flexibility index (Phi) is 8.63. The molecule has 1 heterocycles. The van der Waals surface area contributed by atoms with Crippen molar-refractivity contribution in [3.63, 3.8) is 0 Å². The minimum absolute atomic E-state index is 0.0631. The highest BCUT2D eigenvalue weighted by Gasteiger charge is 2.23. The summed E-state index contributed by atoms with van der Waals surface area (Å²) < 4.78 is 14.2. The molecule has 0 aliphatic heterocycles. The molecule has 0 bridgehead atoms. The fraction of sp³-hybridized carbons (Fsp3) is 0.257. The number of ether oxygens (including phenoxy) is 2. The Labute approximate surface area is 255 Å². The number of hydrogen-bond donors (Lipinski definition) is 2. The first kappa shape index (κ1) is 28.8. The Bertz CT molecular complexity index is 1720. The number of aliphatic hydroxyl groups excluding tert-OH is 1. The van der Waals surface area contributed by atoms with Crippen LogP contribution in [-0.4, -0.2) is 38.9 Å². The van der Waals surface area contributed by atoms with E-state index in [1.165, 1.54) is 19.3 Å². The molecule has 0 atom stereocenters. The van der Waals surface area contributed by atoms with Crippen molar-refractivity contribution in [1.29, 1.82) is 0 Å². The maximum absolute atomic E-state index is 11.6. The van der Waals surface area contributed by atoms with E-state index in [0.29, 0.717) is 34.7 Å². The zero-order valence-corrected chi connectivity index (χ0v) is 24.5. The quantitative estimate of drug-likeness (QED) is 0.169. The monoisotopic (exact) mass is 596 g/mol. The standard InChI is InChI=1S/C35H33ClN2O5/c36-27-11-6-23(7-12-27)31-16-15-30(42-19-18-39)20-26(31)22-43-29-13-8-24(9-14-29)34-37-32-21-25(35(40)41)10-17-33(32)38(34)28-4-2-1-3-5-28/h6-17,20-21,28,39H,1-5,18-19,22H2,(H,40,41). The summed E-state index contributed by atoms with van der Waals surface area (Å²) in [6, 6.07) is 26.9. The van der Waals surface area contributed by atoms with Gasteiger partial charge < -0.3 is 24.3 Å². The van der Waals surface area contributed by atoms with Crippen molar-refractivity contribution in [2.75, 3.05) is 13.2 Å². The van der Waals surface area contributed by atoms with Crippen LogP contribution in [-0.2, 0) is 6.61 Å². The highest BCUT2D eigenvalue weighted by molar-refractivity contribution is 6.30. The third-order valence-electron chi connectivity index (χ3n) is 7.98. The lowest BCUT2D eigenvalue weighted by atomic mass is 9.95. The van der Waals surface area contributed by atoms with Gasteiger partial charge in [-0.25, -0.2) is 9.78 Å². The number of aliphatic hydroxyl groups is 1. The minimum atomic E-state index is -0.957. The summed E-state index contributed by atoms with van der Waals surface area (Å²) >= 11 is 6.12. The van der Waals surface area contributed by atoms with Crippen LogP contribution in [0.1, 0.15) is 54.1 Å². The van der Waals surface area contributed by atoms with E-state index in [2.05, 4.69) is 4.57 Å². The third kappa shape index (κ3) is 6.38. The predicted molar refractivity (Wildman–Crippen MR) is 168 cm³/mol. The number of nitrogens with zero attached hydrogens (tertiary/aromatic N) is 2. The van der Waals surface area contributed by atoms with Crippen LogP contribution in [0.5, 0.6) is 11.5 Å². The van der Waals surface area contributed by atoms with Gasteiger partial charge in [0, 0.05) is 22.2 Å². The number of aromatic carboxylic acids is 1. The van der Waals surface area contributed by atoms with Crippen molar-refractivity contribution < 1.29 is 24.5 Å². The first-order valence-corrected chi connectivity index (χ1v) is 15.0. The first-order valence-electron chi connectivity index (χ1n) is 14.6. The van der Waals surface area contributed by atoms with Gasteiger partial charge in [-0.15, -0.1) is 0 Å². The molecule has 1 saturated carbocycles. The summed E-state index contributed by atoms with van der Waals surface area (Å²) in [6.07, 6.45) is 5.75. The molecule has 6 rings (SSSR count). The van der Waals surface area contributed by atoms with E-state index in [4.69, 9.17) is 26.1 Å². The number of imidazole rings is 1. The molecule has 0 unspecified atom stereocenters. The van der Waals surface area contributed by atoms with Gasteiger partial charge in [0.1, 0.15) is 30.5 Å². The molecule has 5 aromatic rings. The Morgan fingerprint density at radius 2 is 1.58 bits per heavy atom. The summed E-state index contributed by atoms with van der Waals surface area (Å²) in [5.41, 5.74) is 5.80. The van der Waals surface area contributed by atoms with Crippen LogP contribution in [0.25, 0.3) is 33.5 Å². The highest BCUT2D eigenvalue weighted by Crippen LogP contribution is 2.37. The summed E-state index contributed by atoms with van der Waals surface area (Å²) in [7, 11) is 0. The molecule has 2 N–H and O–H groups in total. The van der Waals surface area contributed by atoms with Gasteiger partial charge >= 0.3 is 5.97 Å². The molecule has 8 heteroatoms. The zero-order valence-electron chi connectivity index (χ0n) is 23.7. The van der Waals surface area contributed by atoms with Crippen molar-refractivity contribution in [1.82, 2.24) is 9.55 Å². The average molecular weight is 597 g/mol. The van der Waals surface area contributed by atoms with Gasteiger partial charge in [-0.3, -0.25) is 0 Å². The Balaban J connectivity index is 1.28. The zero-order chi connectivity index (χ0) is 29.8. The summed E-state index contributed by atoms with van der Waals surface area (Å²) in [5.74, 6) is 1.26. The molecule has 0 amide bonds. The van der Waals surface area contributed by atoms with Gasteiger partial charge in [0.05, 0.1) is 23.2 Å². The molecular weight excluding hydrogens is 564 g/mol. The normalized spacial score (nSPS) is 13.7. The number of benzene rings is 4. The van der Waals surface area contributed by atoms with E-state index in [-0.39, 0.29) is 18.8 Å². The molecule has 1 aliphatic carbocycles. The van der Waals surface area contributed by atoms with Gasteiger partial charge in [-0.2, -0.15) is 0 Å². The number of carboxylic acids is 1. The van der Waals surface area contributed by atoms with Crippen molar-refractivity contribution in [2.45, 2.75) is 44.8 Å². The van der Waals surface area contributed by atoms with E-state index >= 15 is 0 Å². The number of carbonyl (C=O) groups is 1. The van der Waals surface area contributed by atoms with Crippen molar-refractivity contribution in [3.05, 3.63) is 101 Å². The molecule has 7 nitrogen and oxygen atoms in total. The highest BCUT2D eigenvalue weighted by atomic mass is 35.5. The Morgan fingerprint density at radius 1 is 0.860 bits per heavy atom. The van der Waals surface area contributed by atoms with Crippen molar-refractivity contribution >= 4 is 28.6 Å². The topological polar surface area (TPSA) is 93.8 Å². The smallest absolute Gasteiger partial charge is 0.335 e. The number of halogens is 1. The molecule has 1 aromatic heterocycles. The first-order chi connectivity index (χ1) is 21.0. The average Bonchev–Trinajstić information content (AvgIpc) is 3.43. The van der Waals surface area contributed by atoms with E-state index in [1.807, 2.05) is 72.8 Å². The van der Waals surface area contributed by atoms with Crippen molar-refractivity contribution in [2.24, 2.45) is 0 Å². The second-order valence-electron chi connectivity index (χ2n) is 10.8. The number of aromatic nitrogens is 2. The second kappa shape index (κ2) is 12.9. The fourth-order valence-corrected chi connectivity index (χ4v) is 5.99. The van der Waals surface area contributed by atoms with Gasteiger partial charge in [0.25, 0.3) is 0 Å². The van der Waals surface area contributed by atoms with E-state index < -0.39 is 5.97 Å². The van der Waals surface area contributed by atoms with Crippen LogP contribution in [0.15, 0.2) is 84.9 Å². The van der Waals surface area contributed by atoms with Gasteiger partial charge in [0.2, 0.25) is 0 Å². The Morgan fingerprint density at radius 3 is 2.30 bits per heavy atom. The number of carboxylic acid groups (broad SMARTS) is 1. The van der Waals surface area contributed by atoms with Crippen LogP contribution < -0.4 is 9.47 Å². The van der Waals surface area contributed by atoms with E-state index in [0.717, 1.165) is 46.4 Å². The molecule has 220 valence electrons. The summed E-state index contributed by atoms with van der Waals surface area (Å²) in [5, 5.41) is 19.4. The maximum Gasteiger partial charge on any atom is 0.335 e. The lowest BCUT2D eigenvalue weighted by Crippen LogP contribution is -2.14. The predicted octanol–water partition coefficient (Wildman–Crippen LogP) is 8.18. The fourth-order valence-electron chi connectivity index (χ4n) is 5.86. The van der Waals surface area contributed by atoms with Gasteiger partial charge in [-0.05, 0) is 90.7 Å². The molecule has 0 saturated heterocycles. The lowest BCUT2D eigenvalue weighted by Gasteiger charge is -2.25. The number of hydrogen-bond acceptors (Lipinski definition) is 5. The third-order valence-corrected chi connectivity index (χ3v) is 8.23. The van der Waals surface area contributed by atoms with Gasteiger partial charge in [0.15, 0.2) is 0 Å². The van der Waals surface area contributed by atoms with E-state index in [9.17, 15) is 15.0 Å². The van der Waals surface area contributed by atoms with Crippen LogP contribution >= 0.6 is 11.6 Å². The largest absolute Gasteiger partial charge is 0.491 e. The van der Waals surface area contributed by atoms with Crippen LogP contribution in [0.3, 0.4) is 0 Å². The van der Waals surface area contributed by atoms with Crippen molar-refractivity contribution in [3.8, 4) is 34.0 Å². The van der Waals surface area contributed by atoms with Crippen LogP contribution in [0, 0.1) is 0 Å². The summed E-state index contributed by atoms with van der Waals surface area (Å²) in [6.45, 7) is 0.462. The number of rotatable bonds is 10. The lowest BCUT2D eigenvalue weighted by molar-refractivity contribution is 0.0697. The number of fused-ring (bicyclic) bond motifs is 1. The Hall–Kier alpha value is -4.33. The minimum Gasteiger partial charge on any atom is -0.491 e. The molecular formula is C35H33ClN2O5. The van der Waals surface area contributed by atoms with E-state index in [1.54, 1.807) is 12.1 Å². The maximum atomic E-state index is 11.6. The molecule has 0 radical (unpaired) electrons. The van der Waals surface area contributed by atoms with Crippen LogP contribution in [0.2, 0.25) is 5.02 Å². The molecule has 0 spiro atoms. The van der Waals surface area contributed by atoms with Crippen LogP contribution in [0.4, 0.5) is 0 Å². The van der Waals surface area contributed by atoms with Gasteiger partial charge in [-0.1, -0.05) is 49.1 Å². The molecule has 43 heavy (non-hydrogen) atoms. The molecule has 1 fully saturated rings. The second-order valence-corrected chi connectivity index (χ2v) is 11.3. The summed E-state index contributed by atoms with van der Waals surface area (Å²) in [4.78, 5) is 16.5. The SMILES string of the molecule is O=C(O)c1ccc2c(c1)nc(-c1ccc(OCc3cc(OCCO)ccc3-c3ccc(Cl)cc3)cc1)n2C1CCCCC1. The molecule has 1 aliphatic rings. The molecule has 4 aromatic carbocycles.